The van der Waals surface area contributed by atoms with E-state index in [4.69, 9.17) is 9.47 Å². The topological polar surface area (TPSA) is 174 Å². The number of esters is 2. The van der Waals surface area contributed by atoms with Gasteiger partial charge in [0.25, 0.3) is 5.97 Å². The lowest BCUT2D eigenvalue weighted by atomic mass is 9.79. The second-order valence-corrected chi connectivity index (χ2v) is 8.62. The van der Waals surface area contributed by atoms with Crippen molar-refractivity contribution in [3.05, 3.63) is 0 Å². The van der Waals surface area contributed by atoms with E-state index in [-0.39, 0.29) is 25.7 Å². The number of aliphatic hydroxyl groups is 6. The highest BCUT2D eigenvalue weighted by atomic mass is 16.7. The zero-order chi connectivity index (χ0) is 25.7. The maximum absolute atomic E-state index is 13.3. The molecule has 0 aliphatic carbocycles. The molecule has 0 aromatic carbocycles. The molecule has 3 unspecified atom stereocenters. The van der Waals surface area contributed by atoms with Crippen molar-refractivity contribution in [2.75, 3.05) is 0 Å². The van der Waals surface area contributed by atoms with E-state index in [1.807, 2.05) is 6.92 Å². The first-order valence-electron chi connectivity index (χ1n) is 12.1. The van der Waals surface area contributed by atoms with Crippen LogP contribution in [0.15, 0.2) is 0 Å². The Labute approximate surface area is 196 Å². The first-order chi connectivity index (χ1) is 15.3. The van der Waals surface area contributed by atoms with Gasteiger partial charge in [-0.05, 0) is 32.1 Å². The Morgan fingerprint density at radius 1 is 0.727 bits per heavy atom. The van der Waals surface area contributed by atoms with Crippen LogP contribution in [0.5, 0.6) is 0 Å². The van der Waals surface area contributed by atoms with Gasteiger partial charge in [-0.3, -0.25) is 4.79 Å². The normalized spacial score (nSPS) is 16.1. The molecular weight excluding hydrogens is 436 g/mol. The van der Waals surface area contributed by atoms with E-state index in [1.54, 1.807) is 0 Å². The number of hydrogen-bond donors (Lipinski definition) is 6. The summed E-state index contributed by atoms with van der Waals surface area (Å²) in [6, 6.07) is 0. The standard InChI is InChI=1S/C23H44O10/c1-5-9-11-12-13-15-19(24)33-21(16-14-10-6-2,17(7-3)22(26,27)28)20(25)32-18(8-4)23(29,30)31/h17-18,26-31H,5-16H2,1-4H3. The number of ether oxygens (including phenoxy) is 2. The van der Waals surface area contributed by atoms with Crippen LogP contribution in [0.1, 0.15) is 105 Å². The van der Waals surface area contributed by atoms with E-state index in [1.165, 1.54) is 13.8 Å². The largest absolute Gasteiger partial charge is 0.451 e. The van der Waals surface area contributed by atoms with E-state index >= 15 is 0 Å². The fourth-order valence-electron chi connectivity index (χ4n) is 3.93. The Balaban J connectivity index is 6.07. The van der Waals surface area contributed by atoms with Crippen molar-refractivity contribution in [3.63, 3.8) is 0 Å². The Hall–Kier alpha value is -1.30. The molecule has 0 saturated carbocycles. The summed E-state index contributed by atoms with van der Waals surface area (Å²) in [6.07, 6.45) is 3.51. The fourth-order valence-corrected chi connectivity index (χ4v) is 3.93. The van der Waals surface area contributed by atoms with Gasteiger partial charge in [0, 0.05) is 6.42 Å². The lowest BCUT2D eigenvalue weighted by Gasteiger charge is -2.42. The second-order valence-electron chi connectivity index (χ2n) is 8.62. The van der Waals surface area contributed by atoms with Gasteiger partial charge in [0.2, 0.25) is 5.60 Å². The maximum atomic E-state index is 13.3. The molecule has 0 aliphatic heterocycles. The molecule has 0 radical (unpaired) electrons. The zero-order valence-electron chi connectivity index (χ0n) is 20.5. The van der Waals surface area contributed by atoms with Gasteiger partial charge in [-0.15, -0.1) is 0 Å². The molecule has 0 bridgehead atoms. The summed E-state index contributed by atoms with van der Waals surface area (Å²) in [4.78, 5) is 26.0. The molecular formula is C23H44O10. The SMILES string of the molecule is CCCCCCCC(=O)OC(CCCCC)(C(=O)OC(CC)C(O)(O)O)C(CC)C(O)(O)O. The summed E-state index contributed by atoms with van der Waals surface area (Å²) in [5, 5.41) is 58.6. The molecule has 0 fully saturated rings. The third-order valence-electron chi connectivity index (χ3n) is 5.77. The van der Waals surface area contributed by atoms with Crippen LogP contribution in [0.3, 0.4) is 0 Å². The zero-order valence-corrected chi connectivity index (χ0v) is 20.5. The predicted molar refractivity (Wildman–Crippen MR) is 119 cm³/mol. The van der Waals surface area contributed by atoms with Crippen molar-refractivity contribution in [1.29, 1.82) is 0 Å². The highest BCUT2D eigenvalue weighted by molar-refractivity contribution is 5.84. The maximum Gasteiger partial charge on any atom is 0.351 e. The highest BCUT2D eigenvalue weighted by Crippen LogP contribution is 2.39. The van der Waals surface area contributed by atoms with E-state index < -0.39 is 41.5 Å². The van der Waals surface area contributed by atoms with E-state index in [0.29, 0.717) is 19.3 Å². The van der Waals surface area contributed by atoms with Gasteiger partial charge in [-0.25, -0.2) is 4.79 Å². The van der Waals surface area contributed by atoms with Crippen LogP contribution in [0, 0.1) is 5.92 Å². The Morgan fingerprint density at radius 2 is 1.27 bits per heavy atom. The predicted octanol–water partition coefficient (Wildman–Crippen LogP) is 1.82. The number of rotatable bonds is 18. The van der Waals surface area contributed by atoms with Crippen LogP contribution in [0.25, 0.3) is 0 Å². The molecule has 0 aliphatic rings. The molecule has 0 heterocycles. The average Bonchev–Trinajstić information content (AvgIpc) is 2.70. The van der Waals surface area contributed by atoms with Gasteiger partial charge in [0.15, 0.2) is 6.10 Å². The molecule has 10 nitrogen and oxygen atoms in total. The molecule has 196 valence electrons. The van der Waals surface area contributed by atoms with Crippen LogP contribution < -0.4 is 0 Å². The smallest absolute Gasteiger partial charge is 0.351 e. The molecule has 0 aromatic heterocycles. The third-order valence-corrected chi connectivity index (χ3v) is 5.77. The van der Waals surface area contributed by atoms with Crippen LogP contribution in [-0.4, -0.2) is 66.2 Å². The monoisotopic (exact) mass is 480 g/mol. The van der Waals surface area contributed by atoms with Crippen molar-refractivity contribution in [2.24, 2.45) is 5.92 Å². The molecule has 3 atom stereocenters. The van der Waals surface area contributed by atoms with Crippen LogP contribution in [-0.2, 0) is 19.1 Å². The van der Waals surface area contributed by atoms with Gasteiger partial charge in [-0.1, -0.05) is 66.2 Å². The van der Waals surface area contributed by atoms with Crippen molar-refractivity contribution in [1.82, 2.24) is 0 Å². The van der Waals surface area contributed by atoms with Crippen molar-refractivity contribution in [3.8, 4) is 0 Å². The minimum absolute atomic E-state index is 0.0284. The second kappa shape index (κ2) is 14.9. The minimum atomic E-state index is -3.39. The summed E-state index contributed by atoms with van der Waals surface area (Å²) in [5.41, 5.74) is -2.32. The lowest BCUT2D eigenvalue weighted by molar-refractivity contribution is -0.371. The molecule has 6 N–H and O–H groups in total. The molecule has 0 amide bonds. The molecule has 0 rings (SSSR count). The Kier molecular flexibility index (Phi) is 14.3. The van der Waals surface area contributed by atoms with Gasteiger partial charge in [-0.2, -0.15) is 0 Å². The average molecular weight is 481 g/mol. The van der Waals surface area contributed by atoms with Gasteiger partial charge in [0.05, 0.1) is 5.92 Å². The number of unbranched alkanes of at least 4 members (excludes halogenated alkanes) is 6. The van der Waals surface area contributed by atoms with Crippen molar-refractivity contribution >= 4 is 11.9 Å². The van der Waals surface area contributed by atoms with E-state index in [2.05, 4.69) is 6.92 Å². The fraction of sp³-hybridized carbons (Fsp3) is 0.913. The minimum Gasteiger partial charge on any atom is -0.451 e. The molecule has 0 aromatic rings. The van der Waals surface area contributed by atoms with Gasteiger partial charge in [0.1, 0.15) is 0 Å². The Bertz CT molecular complexity index is 567. The van der Waals surface area contributed by atoms with Crippen LogP contribution >= 0.6 is 0 Å². The van der Waals surface area contributed by atoms with Crippen molar-refractivity contribution < 1.29 is 49.7 Å². The first kappa shape index (κ1) is 31.7. The molecule has 0 saturated heterocycles. The van der Waals surface area contributed by atoms with Gasteiger partial charge < -0.3 is 40.1 Å². The molecule has 0 spiro atoms. The Morgan fingerprint density at radius 3 is 1.73 bits per heavy atom. The highest BCUT2D eigenvalue weighted by Gasteiger charge is 2.58. The summed E-state index contributed by atoms with van der Waals surface area (Å²) in [6.45, 7) is 6.85. The van der Waals surface area contributed by atoms with Crippen LogP contribution in [0.4, 0.5) is 0 Å². The summed E-state index contributed by atoms with van der Waals surface area (Å²) < 4.78 is 10.6. The van der Waals surface area contributed by atoms with Gasteiger partial charge >= 0.3 is 17.9 Å². The first-order valence-corrected chi connectivity index (χ1v) is 12.1. The molecule has 33 heavy (non-hydrogen) atoms. The molecule has 10 heteroatoms. The van der Waals surface area contributed by atoms with E-state index in [0.717, 1.165) is 32.1 Å². The summed E-state index contributed by atoms with van der Waals surface area (Å²) in [7, 11) is 0. The quantitative estimate of drug-likeness (QED) is 0.0964. The number of hydrogen-bond acceptors (Lipinski definition) is 10. The van der Waals surface area contributed by atoms with E-state index in [9.17, 15) is 40.2 Å². The van der Waals surface area contributed by atoms with Crippen LogP contribution in [0.2, 0.25) is 0 Å². The van der Waals surface area contributed by atoms with Crippen molar-refractivity contribution in [2.45, 2.75) is 128 Å². The lowest BCUT2D eigenvalue weighted by Crippen LogP contribution is -2.60. The third kappa shape index (κ3) is 10.7. The summed E-state index contributed by atoms with van der Waals surface area (Å²) >= 11 is 0. The number of carbonyl (C=O) groups excluding carboxylic acids is 2. The summed E-state index contributed by atoms with van der Waals surface area (Å²) in [5.74, 6) is -10.5. The number of carbonyl (C=O) groups is 2.